The first-order chi connectivity index (χ1) is 8.95. The third-order valence-corrected chi connectivity index (χ3v) is 2.54. The van der Waals surface area contributed by atoms with Crippen molar-refractivity contribution in [3.05, 3.63) is 60.2 Å². The molecule has 0 aliphatic heterocycles. The molecule has 0 atom stereocenters. The minimum absolute atomic E-state index is 0. The van der Waals surface area contributed by atoms with Crippen LogP contribution in [0.15, 0.2) is 48.8 Å². The molecule has 0 saturated heterocycles. The SMILES string of the molecule is Cl.O.c1ccc(CNCCNCc2ccccn2)nc1. The fourth-order valence-corrected chi connectivity index (χ4v) is 1.62. The van der Waals surface area contributed by atoms with Crippen molar-refractivity contribution in [1.82, 2.24) is 20.6 Å². The molecule has 0 aliphatic carbocycles. The number of nitrogens with zero attached hydrogens (tertiary/aromatic N) is 2. The van der Waals surface area contributed by atoms with Crippen molar-refractivity contribution in [2.24, 2.45) is 0 Å². The lowest BCUT2D eigenvalue weighted by Gasteiger charge is -2.06. The summed E-state index contributed by atoms with van der Waals surface area (Å²) in [5, 5.41) is 6.69. The summed E-state index contributed by atoms with van der Waals surface area (Å²) in [6.45, 7) is 3.46. The minimum atomic E-state index is 0. The van der Waals surface area contributed by atoms with Crippen LogP contribution in [0.5, 0.6) is 0 Å². The van der Waals surface area contributed by atoms with E-state index in [1.807, 2.05) is 48.8 Å². The first-order valence-electron chi connectivity index (χ1n) is 6.16. The quantitative estimate of drug-likeness (QED) is 0.746. The van der Waals surface area contributed by atoms with Crippen molar-refractivity contribution in [3.63, 3.8) is 0 Å². The second kappa shape index (κ2) is 11.3. The van der Waals surface area contributed by atoms with Gasteiger partial charge in [0.25, 0.3) is 0 Å². The van der Waals surface area contributed by atoms with Gasteiger partial charge in [-0.2, -0.15) is 0 Å². The van der Waals surface area contributed by atoms with Crippen molar-refractivity contribution in [2.75, 3.05) is 13.1 Å². The molecule has 2 heterocycles. The summed E-state index contributed by atoms with van der Waals surface area (Å²) in [7, 11) is 0. The Bertz CT molecular complexity index is 398. The molecule has 0 aromatic carbocycles. The second-order valence-electron chi connectivity index (χ2n) is 4.00. The van der Waals surface area contributed by atoms with Gasteiger partial charge < -0.3 is 16.1 Å². The Morgan fingerprint density at radius 3 is 1.55 bits per heavy atom. The Hall–Kier alpha value is -1.53. The van der Waals surface area contributed by atoms with E-state index in [-0.39, 0.29) is 17.9 Å². The van der Waals surface area contributed by atoms with Crippen LogP contribution in [0.25, 0.3) is 0 Å². The topological polar surface area (TPSA) is 81.3 Å². The van der Waals surface area contributed by atoms with Gasteiger partial charge in [-0.25, -0.2) is 0 Å². The van der Waals surface area contributed by atoms with Gasteiger partial charge in [0.1, 0.15) is 0 Å². The lowest BCUT2D eigenvalue weighted by atomic mass is 10.3. The van der Waals surface area contributed by atoms with E-state index in [0.29, 0.717) is 0 Å². The normalized spacial score (nSPS) is 9.40. The zero-order valence-corrected chi connectivity index (χ0v) is 12.1. The highest BCUT2D eigenvalue weighted by atomic mass is 35.5. The molecule has 110 valence electrons. The average Bonchev–Trinajstić information content (AvgIpc) is 2.45. The van der Waals surface area contributed by atoms with E-state index >= 15 is 0 Å². The van der Waals surface area contributed by atoms with Gasteiger partial charge in [0.2, 0.25) is 0 Å². The molecule has 20 heavy (non-hydrogen) atoms. The standard InChI is InChI=1S/C14H18N4.ClH.H2O/c1-3-7-17-13(5-1)11-15-9-10-16-12-14-6-2-4-8-18-14;;/h1-8,15-16H,9-12H2;1H;1H2. The van der Waals surface area contributed by atoms with Gasteiger partial charge in [0.05, 0.1) is 11.4 Å². The number of hydrogen-bond acceptors (Lipinski definition) is 4. The maximum absolute atomic E-state index is 4.25. The highest BCUT2D eigenvalue weighted by Crippen LogP contribution is 1.92. The van der Waals surface area contributed by atoms with Crippen molar-refractivity contribution in [1.29, 1.82) is 0 Å². The maximum atomic E-state index is 4.25. The highest BCUT2D eigenvalue weighted by Gasteiger charge is 1.93. The van der Waals surface area contributed by atoms with Gasteiger partial charge in [0, 0.05) is 38.6 Å². The highest BCUT2D eigenvalue weighted by molar-refractivity contribution is 5.85. The fourth-order valence-electron chi connectivity index (χ4n) is 1.62. The van der Waals surface area contributed by atoms with Crippen LogP contribution in [0.1, 0.15) is 11.4 Å². The predicted octanol–water partition coefficient (Wildman–Crippen LogP) is 0.953. The number of nitrogens with one attached hydrogen (secondary N) is 2. The van der Waals surface area contributed by atoms with Crippen molar-refractivity contribution >= 4 is 12.4 Å². The summed E-state index contributed by atoms with van der Waals surface area (Å²) in [4.78, 5) is 8.50. The lowest BCUT2D eigenvalue weighted by Crippen LogP contribution is -2.27. The van der Waals surface area contributed by atoms with Crippen molar-refractivity contribution in [3.8, 4) is 0 Å². The minimum Gasteiger partial charge on any atom is -0.412 e. The molecule has 2 rings (SSSR count). The van der Waals surface area contributed by atoms with E-state index in [1.54, 1.807) is 0 Å². The van der Waals surface area contributed by atoms with Crippen LogP contribution in [0.2, 0.25) is 0 Å². The van der Waals surface area contributed by atoms with Gasteiger partial charge >= 0.3 is 0 Å². The Balaban J connectivity index is 0.00000180. The lowest BCUT2D eigenvalue weighted by molar-refractivity contribution is 0.601. The molecule has 0 amide bonds. The van der Waals surface area contributed by atoms with Crippen LogP contribution in [-0.4, -0.2) is 28.5 Å². The zero-order valence-electron chi connectivity index (χ0n) is 11.2. The van der Waals surface area contributed by atoms with Crippen molar-refractivity contribution < 1.29 is 5.48 Å². The molecule has 2 aromatic rings. The second-order valence-corrected chi connectivity index (χ2v) is 4.00. The molecule has 0 spiro atoms. The number of rotatable bonds is 7. The van der Waals surface area contributed by atoms with E-state index in [9.17, 15) is 0 Å². The summed E-state index contributed by atoms with van der Waals surface area (Å²) in [6.07, 6.45) is 3.63. The molecule has 0 saturated carbocycles. The average molecular weight is 297 g/mol. The van der Waals surface area contributed by atoms with E-state index < -0.39 is 0 Å². The third kappa shape index (κ3) is 7.16. The monoisotopic (exact) mass is 296 g/mol. The largest absolute Gasteiger partial charge is 0.412 e. The van der Waals surface area contributed by atoms with Gasteiger partial charge in [-0.3, -0.25) is 9.97 Å². The van der Waals surface area contributed by atoms with Crippen LogP contribution in [0.3, 0.4) is 0 Å². The Kier molecular flexibility index (Phi) is 10.4. The van der Waals surface area contributed by atoms with Crippen LogP contribution in [0, 0.1) is 0 Å². The maximum Gasteiger partial charge on any atom is 0.0541 e. The van der Waals surface area contributed by atoms with Crippen LogP contribution < -0.4 is 10.6 Å². The summed E-state index contributed by atoms with van der Waals surface area (Å²) < 4.78 is 0. The molecule has 0 fully saturated rings. The van der Waals surface area contributed by atoms with E-state index in [1.165, 1.54) is 0 Å². The number of hydrogen-bond donors (Lipinski definition) is 2. The van der Waals surface area contributed by atoms with Gasteiger partial charge in [-0.05, 0) is 24.3 Å². The van der Waals surface area contributed by atoms with Gasteiger partial charge in [0.15, 0.2) is 0 Å². The third-order valence-electron chi connectivity index (χ3n) is 2.54. The van der Waals surface area contributed by atoms with E-state index in [4.69, 9.17) is 0 Å². The van der Waals surface area contributed by atoms with Crippen LogP contribution in [0.4, 0.5) is 0 Å². The van der Waals surface area contributed by atoms with Gasteiger partial charge in [-0.15, -0.1) is 12.4 Å². The molecular weight excluding hydrogens is 276 g/mol. The zero-order chi connectivity index (χ0) is 12.5. The van der Waals surface area contributed by atoms with Gasteiger partial charge in [-0.1, -0.05) is 12.1 Å². The molecule has 6 heteroatoms. The predicted molar refractivity (Wildman–Crippen MR) is 82.7 cm³/mol. The number of aromatic nitrogens is 2. The summed E-state index contributed by atoms with van der Waals surface area (Å²) in [6, 6.07) is 11.9. The van der Waals surface area contributed by atoms with Crippen LogP contribution >= 0.6 is 12.4 Å². The number of pyridine rings is 2. The van der Waals surface area contributed by atoms with E-state index in [2.05, 4.69) is 20.6 Å². The first kappa shape index (κ1) is 18.5. The molecule has 2 aromatic heterocycles. The Labute approximate surface area is 125 Å². The molecule has 0 radical (unpaired) electrons. The summed E-state index contributed by atoms with van der Waals surface area (Å²) in [5.74, 6) is 0. The molecule has 0 unspecified atom stereocenters. The smallest absolute Gasteiger partial charge is 0.0541 e. The van der Waals surface area contributed by atoms with Crippen molar-refractivity contribution in [2.45, 2.75) is 13.1 Å². The molecule has 4 N–H and O–H groups in total. The van der Waals surface area contributed by atoms with E-state index in [0.717, 1.165) is 37.6 Å². The summed E-state index contributed by atoms with van der Waals surface area (Å²) >= 11 is 0. The molecule has 0 aliphatic rings. The molecule has 0 bridgehead atoms. The Morgan fingerprint density at radius 2 is 1.20 bits per heavy atom. The Morgan fingerprint density at radius 1 is 0.750 bits per heavy atom. The molecule has 5 nitrogen and oxygen atoms in total. The summed E-state index contributed by atoms with van der Waals surface area (Å²) in [5.41, 5.74) is 2.14. The number of halogens is 1. The first-order valence-corrected chi connectivity index (χ1v) is 6.16. The van der Waals surface area contributed by atoms with Crippen LogP contribution in [-0.2, 0) is 13.1 Å². The molecular formula is C14H21ClN4O. The fraction of sp³-hybridized carbons (Fsp3) is 0.286.